The predicted molar refractivity (Wildman–Crippen MR) is 156 cm³/mol. The molecule has 0 bridgehead atoms. The van der Waals surface area contributed by atoms with Crippen LogP contribution in [0.25, 0.3) is 11.2 Å². The number of anilines is 1. The maximum absolute atomic E-state index is 16.4. The smallest absolute Gasteiger partial charge is 0.459 e. The first kappa shape index (κ1) is 35.1. The van der Waals surface area contributed by atoms with Crippen LogP contribution in [-0.2, 0) is 29.1 Å². The molecule has 17 heteroatoms. The van der Waals surface area contributed by atoms with Crippen molar-refractivity contribution in [2.75, 3.05) is 32.7 Å². The molecule has 0 spiro atoms. The number of fused-ring (bicyclic) bond motifs is 1. The molecule has 3 aromatic rings. The zero-order chi connectivity index (χ0) is 32.9. The van der Waals surface area contributed by atoms with Gasteiger partial charge in [-0.15, -0.1) is 0 Å². The van der Waals surface area contributed by atoms with Gasteiger partial charge >= 0.3 is 13.7 Å². The van der Waals surface area contributed by atoms with Crippen LogP contribution in [0.15, 0.2) is 36.7 Å². The summed E-state index contributed by atoms with van der Waals surface area (Å²) in [6.07, 6.45) is -1.68. The van der Waals surface area contributed by atoms with E-state index < -0.39 is 44.1 Å². The third kappa shape index (κ3) is 8.39. The molecule has 44 heavy (non-hydrogen) atoms. The van der Waals surface area contributed by atoms with Crippen molar-refractivity contribution < 1.29 is 46.5 Å². The number of aliphatic hydroxyl groups is 1. The van der Waals surface area contributed by atoms with Crippen LogP contribution in [0.4, 0.5) is 14.7 Å². The second-order valence-corrected chi connectivity index (χ2v) is 12.9. The van der Waals surface area contributed by atoms with Gasteiger partial charge in [-0.1, -0.05) is 39.0 Å². The van der Waals surface area contributed by atoms with Gasteiger partial charge in [-0.25, -0.2) is 18.3 Å². The van der Waals surface area contributed by atoms with Gasteiger partial charge in [-0.05, 0) is 38.3 Å². The highest BCUT2D eigenvalue weighted by Gasteiger charge is 2.54. The molecule has 0 fully saturated rings. The van der Waals surface area contributed by atoms with E-state index in [1.54, 1.807) is 25.1 Å². The summed E-state index contributed by atoms with van der Waals surface area (Å²) >= 11 is 0. The highest BCUT2D eigenvalue weighted by molar-refractivity contribution is 7.52. The normalized spacial score (nSPS) is 17.6. The van der Waals surface area contributed by atoms with Crippen LogP contribution in [0.5, 0.6) is 11.6 Å². The first-order valence-electron chi connectivity index (χ1n) is 13.6. The number of nitrogens with one attached hydrogen (secondary N) is 1. The Bertz CT molecular complexity index is 1470. The zero-order valence-corrected chi connectivity index (χ0v) is 26.5. The van der Waals surface area contributed by atoms with Gasteiger partial charge in [0.05, 0.1) is 19.5 Å². The summed E-state index contributed by atoms with van der Waals surface area (Å²) in [7, 11) is -3.76. The number of ether oxygens (including phenoxy) is 3. The minimum absolute atomic E-state index is 0.00699. The van der Waals surface area contributed by atoms with E-state index in [0.717, 1.165) is 24.9 Å². The standard InChI is InChI=1S/C27H39F2N6O8P/c1-8-40-21-19-20(32-24(30)33-21)35(16-31-19)26(6,28)23(37)27(29,39-7)15-42-44(38,43-18-12-10-9-11-13-18)34-17(2)22(36)41-14-25(3,4)5/h9-13,16-17,23,37H,8,14-15H2,1-7H3,(H,34,38)(H2,30,32,33)/t17?,23-,26-,27+,44?/m0/s1. The molecular formula is C27H39F2N6O8P. The largest absolute Gasteiger partial charge is 0.476 e. The summed E-state index contributed by atoms with van der Waals surface area (Å²) in [5.74, 6) is -7.40. The van der Waals surface area contributed by atoms with E-state index in [1.807, 2.05) is 20.8 Å². The summed E-state index contributed by atoms with van der Waals surface area (Å²) in [5, 5.41) is 13.4. The van der Waals surface area contributed by atoms with E-state index in [9.17, 15) is 14.5 Å². The average molecular weight is 645 g/mol. The van der Waals surface area contributed by atoms with Crippen LogP contribution in [0.1, 0.15) is 41.5 Å². The quantitative estimate of drug-likeness (QED) is 0.160. The van der Waals surface area contributed by atoms with Crippen molar-refractivity contribution in [1.82, 2.24) is 24.6 Å². The molecule has 0 aliphatic heterocycles. The minimum Gasteiger partial charge on any atom is -0.476 e. The van der Waals surface area contributed by atoms with Gasteiger partial charge in [0.25, 0.3) is 5.85 Å². The molecule has 3 rings (SSSR count). The fraction of sp³-hybridized carbons (Fsp3) is 0.556. The number of aromatic nitrogens is 4. The molecule has 2 unspecified atom stereocenters. The molecule has 14 nitrogen and oxygen atoms in total. The summed E-state index contributed by atoms with van der Waals surface area (Å²) < 4.78 is 73.5. The Morgan fingerprint density at radius 2 is 1.82 bits per heavy atom. The number of esters is 1. The Morgan fingerprint density at radius 3 is 2.41 bits per heavy atom. The Morgan fingerprint density at radius 1 is 1.16 bits per heavy atom. The molecule has 0 amide bonds. The van der Waals surface area contributed by atoms with Gasteiger partial charge in [0, 0.05) is 7.11 Å². The Balaban J connectivity index is 1.89. The number of benzene rings is 1. The van der Waals surface area contributed by atoms with Crippen LogP contribution >= 0.6 is 7.75 Å². The summed E-state index contributed by atoms with van der Waals surface area (Å²) in [6, 6.07) is 6.47. The lowest BCUT2D eigenvalue weighted by Crippen LogP contribution is -2.55. The molecular weight excluding hydrogens is 605 g/mol. The van der Waals surface area contributed by atoms with Crippen molar-refractivity contribution in [2.24, 2.45) is 5.41 Å². The summed E-state index contributed by atoms with van der Waals surface area (Å²) in [4.78, 5) is 24.5. The average Bonchev–Trinajstić information content (AvgIpc) is 3.39. The number of para-hydroxylation sites is 1. The minimum atomic E-state index is -4.61. The third-order valence-electron chi connectivity index (χ3n) is 6.13. The van der Waals surface area contributed by atoms with E-state index in [2.05, 4.69) is 20.0 Å². The van der Waals surface area contributed by atoms with Crippen molar-refractivity contribution in [3.63, 3.8) is 0 Å². The molecule has 244 valence electrons. The Hall–Kier alpha value is -3.43. The SMILES string of the molecule is CCOc1nc(N)nc2c1ncn2[C@](C)(F)[C@H](O)[C@@](F)(COP(=O)(NC(C)C(=O)OCC(C)(C)C)Oc1ccccc1)OC. The van der Waals surface area contributed by atoms with Gasteiger partial charge in [-0.2, -0.15) is 15.1 Å². The second-order valence-electron chi connectivity index (χ2n) is 11.2. The van der Waals surface area contributed by atoms with Crippen LogP contribution in [0.2, 0.25) is 0 Å². The number of nitrogen functional groups attached to an aromatic ring is 1. The fourth-order valence-corrected chi connectivity index (χ4v) is 5.31. The summed E-state index contributed by atoms with van der Waals surface area (Å²) in [5.41, 5.74) is 5.20. The topological polar surface area (TPSA) is 182 Å². The number of nitrogens with two attached hydrogens (primary N) is 1. The molecule has 1 aromatic carbocycles. The molecule has 0 saturated carbocycles. The molecule has 5 atom stereocenters. The van der Waals surface area contributed by atoms with Crippen LogP contribution in [0.3, 0.4) is 0 Å². The number of rotatable bonds is 15. The van der Waals surface area contributed by atoms with Crippen LogP contribution < -0.4 is 20.1 Å². The zero-order valence-electron chi connectivity index (χ0n) is 25.6. The highest BCUT2D eigenvalue weighted by Crippen LogP contribution is 2.47. The van der Waals surface area contributed by atoms with Crippen molar-refractivity contribution in [3.05, 3.63) is 36.7 Å². The lowest BCUT2D eigenvalue weighted by atomic mass is 9.99. The number of halogens is 2. The third-order valence-corrected chi connectivity index (χ3v) is 7.76. The lowest BCUT2D eigenvalue weighted by molar-refractivity contribution is -0.253. The highest BCUT2D eigenvalue weighted by atomic mass is 31.2. The summed E-state index contributed by atoms with van der Waals surface area (Å²) in [6.45, 7) is 8.37. The van der Waals surface area contributed by atoms with Crippen LogP contribution in [-0.4, -0.2) is 75.5 Å². The van der Waals surface area contributed by atoms with Gasteiger partial charge in [0.1, 0.15) is 18.4 Å². The molecule has 0 aliphatic carbocycles. The second kappa shape index (κ2) is 13.7. The lowest BCUT2D eigenvalue weighted by Gasteiger charge is -2.37. The monoisotopic (exact) mass is 644 g/mol. The van der Waals surface area contributed by atoms with Crippen molar-refractivity contribution >= 4 is 30.8 Å². The fourth-order valence-electron chi connectivity index (χ4n) is 3.81. The van der Waals surface area contributed by atoms with Gasteiger partial charge in [0.15, 0.2) is 17.3 Å². The van der Waals surface area contributed by atoms with Gasteiger partial charge in [0.2, 0.25) is 17.6 Å². The number of nitrogens with zero attached hydrogens (tertiary/aromatic N) is 4. The number of alkyl halides is 2. The number of imidazole rings is 1. The number of methoxy groups -OCH3 is 1. The maximum Gasteiger partial charge on any atom is 0.459 e. The van der Waals surface area contributed by atoms with Crippen molar-refractivity contribution in [1.29, 1.82) is 0 Å². The molecule has 2 aromatic heterocycles. The first-order chi connectivity index (χ1) is 20.4. The van der Waals surface area contributed by atoms with Crippen molar-refractivity contribution in [3.8, 4) is 11.6 Å². The molecule has 0 radical (unpaired) electrons. The van der Waals surface area contributed by atoms with Gasteiger partial charge < -0.3 is 29.6 Å². The number of carbonyl (C=O) groups excluding carboxylic acids is 1. The number of hydrogen-bond acceptors (Lipinski definition) is 12. The predicted octanol–water partition coefficient (Wildman–Crippen LogP) is 3.89. The molecule has 0 aliphatic rings. The van der Waals surface area contributed by atoms with E-state index in [-0.39, 0.29) is 47.4 Å². The van der Waals surface area contributed by atoms with Crippen molar-refractivity contribution in [2.45, 2.75) is 65.3 Å². The molecule has 0 saturated heterocycles. The number of carbonyl (C=O) groups is 1. The van der Waals surface area contributed by atoms with E-state index >= 15 is 8.78 Å². The number of hydrogen-bond donors (Lipinski definition) is 3. The van der Waals surface area contributed by atoms with E-state index in [1.165, 1.54) is 19.1 Å². The van der Waals surface area contributed by atoms with E-state index in [4.69, 9.17) is 29.0 Å². The molecule has 4 N–H and O–H groups in total. The van der Waals surface area contributed by atoms with E-state index in [0.29, 0.717) is 0 Å². The first-order valence-corrected chi connectivity index (χ1v) is 15.2. The molecule has 2 heterocycles. The number of aliphatic hydroxyl groups excluding tert-OH is 1. The maximum atomic E-state index is 16.4. The van der Waals surface area contributed by atoms with Gasteiger partial charge in [-0.3, -0.25) is 13.9 Å². The Labute approximate surface area is 253 Å². The Kier molecular flexibility index (Phi) is 10.9. The van der Waals surface area contributed by atoms with Crippen LogP contribution in [0, 0.1) is 5.41 Å².